The number of halogens is 1. The summed E-state index contributed by atoms with van der Waals surface area (Å²) in [5.41, 5.74) is 0.517. The van der Waals surface area contributed by atoms with Crippen molar-refractivity contribution < 1.29 is 4.79 Å². The van der Waals surface area contributed by atoms with Crippen LogP contribution in [0, 0.1) is 0 Å². The van der Waals surface area contributed by atoms with Gasteiger partial charge in [0.2, 0.25) is 0 Å². The van der Waals surface area contributed by atoms with E-state index in [0.717, 1.165) is 34.6 Å². The molecule has 5 nitrogen and oxygen atoms in total. The van der Waals surface area contributed by atoms with Gasteiger partial charge in [0.25, 0.3) is 5.91 Å². The summed E-state index contributed by atoms with van der Waals surface area (Å²) in [5.74, 6) is -0.0351. The van der Waals surface area contributed by atoms with Gasteiger partial charge in [-0.05, 0) is 53.5 Å². The van der Waals surface area contributed by atoms with E-state index >= 15 is 0 Å². The molecule has 0 aliphatic carbocycles. The molecule has 0 saturated carbocycles. The number of carbonyl (C=O) groups is 1. The van der Waals surface area contributed by atoms with Crippen molar-refractivity contribution in [2.45, 2.75) is 25.4 Å². The molecule has 2 aromatic heterocycles. The van der Waals surface area contributed by atoms with Crippen molar-refractivity contribution >= 4 is 33.2 Å². The quantitative estimate of drug-likeness (QED) is 0.884. The summed E-state index contributed by atoms with van der Waals surface area (Å²) < 4.78 is 3.01. The summed E-state index contributed by atoms with van der Waals surface area (Å²) in [4.78, 5) is 15.3. The van der Waals surface area contributed by atoms with E-state index in [1.165, 1.54) is 0 Å². The average molecular weight is 383 g/mol. The van der Waals surface area contributed by atoms with E-state index in [0.29, 0.717) is 18.3 Å². The van der Waals surface area contributed by atoms with E-state index in [1.54, 1.807) is 16.2 Å². The largest absolute Gasteiger partial charge is 0.335 e. The van der Waals surface area contributed by atoms with Crippen LogP contribution in [0.1, 0.15) is 34.2 Å². The first-order chi connectivity index (χ1) is 10.6. The minimum absolute atomic E-state index is 0.0351. The molecule has 7 heteroatoms. The van der Waals surface area contributed by atoms with Crippen LogP contribution in [-0.4, -0.2) is 40.7 Å². The van der Waals surface area contributed by atoms with Gasteiger partial charge >= 0.3 is 0 Å². The number of rotatable bonds is 4. The van der Waals surface area contributed by atoms with Crippen molar-refractivity contribution in [2.24, 2.45) is 0 Å². The van der Waals surface area contributed by atoms with Gasteiger partial charge in [0.15, 0.2) is 0 Å². The van der Waals surface area contributed by atoms with Crippen LogP contribution < -0.4 is 5.32 Å². The smallest absolute Gasteiger partial charge is 0.274 e. The van der Waals surface area contributed by atoms with Gasteiger partial charge in [-0.25, -0.2) is 0 Å². The van der Waals surface area contributed by atoms with Crippen LogP contribution in [0.25, 0.3) is 0 Å². The summed E-state index contributed by atoms with van der Waals surface area (Å²) >= 11 is 5.09. The molecule has 22 heavy (non-hydrogen) atoms. The molecule has 1 atom stereocenters. The molecule has 1 aliphatic heterocycles. The van der Waals surface area contributed by atoms with Gasteiger partial charge in [0.05, 0.1) is 16.4 Å². The van der Waals surface area contributed by atoms with Crippen LogP contribution >= 0.6 is 27.3 Å². The number of carbonyl (C=O) groups excluding carboxylic acids is 1. The number of nitrogens with one attached hydrogen (secondary N) is 1. The maximum atomic E-state index is 12.5. The van der Waals surface area contributed by atoms with Gasteiger partial charge in [-0.15, -0.1) is 11.3 Å². The minimum atomic E-state index is -0.0351. The maximum Gasteiger partial charge on any atom is 0.274 e. The van der Waals surface area contributed by atoms with E-state index in [2.05, 4.69) is 26.3 Å². The fourth-order valence-electron chi connectivity index (χ4n) is 2.65. The maximum absolute atomic E-state index is 12.5. The average Bonchev–Trinajstić information content (AvgIpc) is 3.17. The molecule has 1 aliphatic rings. The summed E-state index contributed by atoms with van der Waals surface area (Å²) in [7, 11) is 1.82. The lowest BCUT2D eigenvalue weighted by Crippen LogP contribution is -2.32. The van der Waals surface area contributed by atoms with Gasteiger partial charge in [0, 0.05) is 24.7 Å². The Bertz CT molecular complexity index is 648. The number of hydrogen-bond donors (Lipinski definition) is 1. The second kappa shape index (κ2) is 6.93. The van der Waals surface area contributed by atoms with E-state index in [4.69, 9.17) is 0 Å². The molecule has 3 rings (SSSR count). The number of hydrogen-bond acceptors (Lipinski definition) is 4. The Hall–Kier alpha value is -1.18. The topological polar surface area (TPSA) is 50.2 Å². The lowest BCUT2D eigenvalue weighted by Gasteiger charge is -2.23. The van der Waals surface area contributed by atoms with Crippen molar-refractivity contribution in [1.29, 1.82) is 0 Å². The Morgan fingerprint density at radius 1 is 1.55 bits per heavy atom. The van der Waals surface area contributed by atoms with Gasteiger partial charge in [-0.3, -0.25) is 9.48 Å². The summed E-state index contributed by atoms with van der Waals surface area (Å²) in [6, 6.07) is 6.21. The predicted octanol–water partition coefficient (Wildman–Crippen LogP) is 2.90. The molecular weight excluding hydrogens is 364 g/mol. The lowest BCUT2D eigenvalue weighted by molar-refractivity contribution is 0.0779. The van der Waals surface area contributed by atoms with E-state index in [1.807, 2.05) is 36.1 Å². The second-order valence-corrected chi connectivity index (χ2v) is 8.10. The molecule has 0 aromatic carbocycles. The number of amides is 1. The molecule has 2 aromatic rings. The molecular formula is C15H19BrN4OS. The first-order valence-electron chi connectivity index (χ1n) is 7.39. The lowest BCUT2D eigenvalue weighted by atomic mass is 10.1. The van der Waals surface area contributed by atoms with Crippen molar-refractivity contribution in [1.82, 2.24) is 20.0 Å². The predicted molar refractivity (Wildman–Crippen MR) is 91.2 cm³/mol. The van der Waals surface area contributed by atoms with Crippen molar-refractivity contribution in [3.63, 3.8) is 0 Å². The SMILES string of the molecule is CN(Cc1ccc(Br)s1)C(=O)c1ccn(C2CCCNC2)n1. The standard InChI is InChI=1S/C15H19BrN4OS/c1-19(10-12-4-5-14(16)22-12)15(21)13-6-8-20(18-13)11-3-2-7-17-9-11/h4-6,8,11,17H,2-3,7,9-10H2,1H3. The number of piperidine rings is 1. The second-order valence-electron chi connectivity index (χ2n) is 5.55. The van der Waals surface area contributed by atoms with Gasteiger partial charge < -0.3 is 10.2 Å². The molecule has 1 amide bonds. The van der Waals surface area contributed by atoms with Crippen molar-refractivity contribution in [2.75, 3.05) is 20.1 Å². The molecule has 118 valence electrons. The molecule has 1 saturated heterocycles. The zero-order valence-corrected chi connectivity index (χ0v) is 14.9. The van der Waals surface area contributed by atoms with Crippen molar-refractivity contribution in [3.8, 4) is 0 Å². The van der Waals surface area contributed by atoms with Crippen LogP contribution in [0.4, 0.5) is 0 Å². The van der Waals surface area contributed by atoms with Gasteiger partial charge in [-0.2, -0.15) is 5.10 Å². The number of aromatic nitrogens is 2. The molecule has 1 fully saturated rings. The highest BCUT2D eigenvalue weighted by Gasteiger charge is 2.19. The van der Waals surface area contributed by atoms with Gasteiger partial charge in [0.1, 0.15) is 5.69 Å². The van der Waals surface area contributed by atoms with Crippen molar-refractivity contribution in [3.05, 3.63) is 38.8 Å². The zero-order chi connectivity index (χ0) is 15.5. The van der Waals surface area contributed by atoms with Crippen LogP contribution in [0.3, 0.4) is 0 Å². The highest BCUT2D eigenvalue weighted by atomic mass is 79.9. The number of nitrogens with zero attached hydrogens (tertiary/aromatic N) is 3. The minimum Gasteiger partial charge on any atom is -0.335 e. The monoisotopic (exact) mass is 382 g/mol. The number of thiophene rings is 1. The Balaban J connectivity index is 1.65. The molecule has 1 unspecified atom stereocenters. The van der Waals surface area contributed by atoms with Gasteiger partial charge in [-0.1, -0.05) is 0 Å². The Kier molecular flexibility index (Phi) is 4.95. The molecule has 0 bridgehead atoms. The third kappa shape index (κ3) is 3.59. The molecule has 0 spiro atoms. The van der Waals surface area contributed by atoms with E-state index < -0.39 is 0 Å². The Morgan fingerprint density at radius 2 is 2.41 bits per heavy atom. The highest BCUT2D eigenvalue weighted by Crippen LogP contribution is 2.23. The third-order valence-electron chi connectivity index (χ3n) is 3.84. The summed E-state index contributed by atoms with van der Waals surface area (Å²) in [5, 5.41) is 7.85. The Labute approximate surface area is 142 Å². The third-order valence-corrected chi connectivity index (χ3v) is 5.45. The first-order valence-corrected chi connectivity index (χ1v) is 9.00. The fourth-order valence-corrected chi connectivity index (χ4v) is 4.19. The van der Waals surface area contributed by atoms with E-state index in [-0.39, 0.29) is 5.91 Å². The molecule has 0 radical (unpaired) electrons. The molecule has 3 heterocycles. The molecule has 1 N–H and O–H groups in total. The Morgan fingerprint density at radius 3 is 3.09 bits per heavy atom. The normalized spacial score (nSPS) is 18.4. The summed E-state index contributed by atoms with van der Waals surface area (Å²) in [6.45, 7) is 2.60. The van der Waals surface area contributed by atoms with Crippen LogP contribution in [0.2, 0.25) is 0 Å². The fraction of sp³-hybridized carbons (Fsp3) is 0.467. The first kappa shape index (κ1) is 15.7. The van der Waals surface area contributed by atoms with Crippen LogP contribution in [0.15, 0.2) is 28.2 Å². The van der Waals surface area contributed by atoms with Crippen LogP contribution in [-0.2, 0) is 6.54 Å². The van der Waals surface area contributed by atoms with Crippen LogP contribution in [0.5, 0.6) is 0 Å². The summed E-state index contributed by atoms with van der Waals surface area (Å²) in [6.07, 6.45) is 4.18. The zero-order valence-electron chi connectivity index (χ0n) is 12.5. The van der Waals surface area contributed by atoms with E-state index in [9.17, 15) is 4.79 Å². The highest BCUT2D eigenvalue weighted by molar-refractivity contribution is 9.11.